The molecule has 84 valence electrons. The minimum Gasteiger partial charge on any atom is -0.314 e. The highest BCUT2D eigenvalue weighted by Crippen LogP contribution is 2.23. The van der Waals surface area contributed by atoms with Gasteiger partial charge in [-0.2, -0.15) is 0 Å². The molecule has 1 aromatic rings. The summed E-state index contributed by atoms with van der Waals surface area (Å²) in [6, 6.07) is 3.06. The molecule has 3 heteroatoms. The molecule has 1 aromatic heterocycles. The highest BCUT2D eigenvalue weighted by atomic mass is 79.9. The molecule has 2 rings (SSSR count). The molecule has 0 spiro atoms. The van der Waals surface area contributed by atoms with E-state index in [9.17, 15) is 0 Å². The third kappa shape index (κ3) is 3.58. The summed E-state index contributed by atoms with van der Waals surface area (Å²) in [5, 5.41) is 5.81. The molecule has 0 saturated heterocycles. The van der Waals surface area contributed by atoms with Gasteiger partial charge < -0.3 is 5.32 Å². The Labute approximate surface area is 104 Å². The summed E-state index contributed by atoms with van der Waals surface area (Å²) in [7, 11) is 0. The van der Waals surface area contributed by atoms with Crippen molar-refractivity contribution in [2.45, 2.75) is 38.6 Å². The monoisotopic (exact) mass is 287 g/mol. The van der Waals surface area contributed by atoms with Gasteiger partial charge in [-0.25, -0.2) is 0 Å². The predicted molar refractivity (Wildman–Crippen MR) is 70.5 cm³/mol. The molecule has 0 aliphatic heterocycles. The first-order valence-electron chi connectivity index (χ1n) is 5.70. The minimum absolute atomic E-state index is 0.746. The molecule has 1 nitrogen and oxygen atoms in total. The van der Waals surface area contributed by atoms with Gasteiger partial charge >= 0.3 is 0 Å². The van der Waals surface area contributed by atoms with Crippen molar-refractivity contribution in [1.29, 1.82) is 0 Å². The van der Waals surface area contributed by atoms with E-state index < -0.39 is 0 Å². The molecule has 1 unspecified atom stereocenters. The molecule has 15 heavy (non-hydrogen) atoms. The van der Waals surface area contributed by atoms with E-state index >= 15 is 0 Å². The molecule has 1 N–H and O–H groups in total. The maximum Gasteiger partial charge on any atom is 0.0285 e. The summed E-state index contributed by atoms with van der Waals surface area (Å²) >= 11 is 5.36. The maximum atomic E-state index is 3.64. The van der Waals surface area contributed by atoms with E-state index in [-0.39, 0.29) is 0 Å². The Bertz CT molecular complexity index is 306. The smallest absolute Gasteiger partial charge is 0.0285 e. The van der Waals surface area contributed by atoms with Crippen LogP contribution in [0.1, 0.15) is 31.1 Å². The lowest BCUT2D eigenvalue weighted by Crippen LogP contribution is -2.37. The van der Waals surface area contributed by atoms with E-state index in [4.69, 9.17) is 0 Å². The average Bonchev–Trinajstić information content (AvgIpc) is 2.48. The normalized spacial score (nSPS) is 18.8. The molecule has 1 aliphatic carbocycles. The van der Waals surface area contributed by atoms with Gasteiger partial charge in [-0.3, -0.25) is 0 Å². The van der Waals surface area contributed by atoms with E-state index in [0.717, 1.165) is 12.0 Å². The van der Waals surface area contributed by atoms with Crippen LogP contribution in [-0.2, 0) is 6.42 Å². The maximum absolute atomic E-state index is 3.64. The Hall–Kier alpha value is 0.140. The minimum atomic E-state index is 0.746. The second-order valence-corrected chi connectivity index (χ2v) is 6.49. The largest absolute Gasteiger partial charge is 0.314 e. The lowest BCUT2D eigenvalue weighted by atomic mass is 9.92. The Morgan fingerprint density at radius 3 is 2.93 bits per heavy atom. The van der Waals surface area contributed by atoms with Crippen molar-refractivity contribution < 1.29 is 0 Å². The van der Waals surface area contributed by atoms with Crippen LogP contribution in [0, 0.1) is 5.92 Å². The average molecular weight is 288 g/mol. The van der Waals surface area contributed by atoms with Gasteiger partial charge in [0, 0.05) is 20.8 Å². The first-order chi connectivity index (χ1) is 7.24. The van der Waals surface area contributed by atoms with Crippen LogP contribution in [0.15, 0.2) is 15.9 Å². The van der Waals surface area contributed by atoms with Crippen molar-refractivity contribution in [1.82, 2.24) is 5.32 Å². The van der Waals surface area contributed by atoms with E-state index in [2.05, 4.69) is 39.6 Å². The molecule has 1 saturated carbocycles. The summed E-state index contributed by atoms with van der Waals surface area (Å²) in [4.78, 5) is 1.49. The fourth-order valence-corrected chi connectivity index (χ4v) is 3.47. The third-order valence-corrected chi connectivity index (χ3v) is 4.75. The first-order valence-corrected chi connectivity index (χ1v) is 7.37. The Morgan fingerprint density at radius 2 is 2.40 bits per heavy atom. The first kappa shape index (κ1) is 11.6. The standard InChI is InChI=1S/C12H18BrNS/c1-9(7-14-11-3-2-4-11)5-12-6-10(13)8-15-12/h6,8-9,11,14H,2-5,7H2,1H3. The number of nitrogens with one attached hydrogen (secondary N) is 1. The molecule has 0 radical (unpaired) electrons. The lowest BCUT2D eigenvalue weighted by Gasteiger charge is -2.28. The van der Waals surface area contributed by atoms with Crippen LogP contribution in [0.2, 0.25) is 0 Å². The van der Waals surface area contributed by atoms with Crippen LogP contribution in [0.4, 0.5) is 0 Å². The van der Waals surface area contributed by atoms with Crippen molar-refractivity contribution in [3.05, 3.63) is 20.8 Å². The van der Waals surface area contributed by atoms with Crippen LogP contribution in [-0.4, -0.2) is 12.6 Å². The Kier molecular flexibility index (Phi) is 4.23. The van der Waals surface area contributed by atoms with Gasteiger partial charge in [-0.1, -0.05) is 13.3 Å². The summed E-state index contributed by atoms with van der Waals surface area (Å²) in [5.74, 6) is 0.746. The van der Waals surface area contributed by atoms with E-state index in [1.807, 2.05) is 11.3 Å². The van der Waals surface area contributed by atoms with Crippen molar-refractivity contribution in [2.24, 2.45) is 5.92 Å². The molecular weight excluding hydrogens is 270 g/mol. The summed E-state index contributed by atoms with van der Waals surface area (Å²) in [6.45, 7) is 3.50. The van der Waals surface area contributed by atoms with Gasteiger partial charge in [-0.05, 0) is 53.7 Å². The van der Waals surface area contributed by atoms with E-state index in [1.54, 1.807) is 0 Å². The fraction of sp³-hybridized carbons (Fsp3) is 0.667. The van der Waals surface area contributed by atoms with Crippen molar-refractivity contribution in [3.63, 3.8) is 0 Å². The van der Waals surface area contributed by atoms with Crippen LogP contribution in [0.3, 0.4) is 0 Å². The van der Waals surface area contributed by atoms with E-state index in [0.29, 0.717) is 0 Å². The van der Waals surface area contributed by atoms with Gasteiger partial charge in [0.1, 0.15) is 0 Å². The molecular formula is C12H18BrNS. The van der Waals surface area contributed by atoms with Crippen LogP contribution >= 0.6 is 27.3 Å². The quantitative estimate of drug-likeness (QED) is 0.868. The van der Waals surface area contributed by atoms with Gasteiger partial charge in [-0.15, -0.1) is 11.3 Å². The second kappa shape index (κ2) is 5.46. The Morgan fingerprint density at radius 1 is 1.60 bits per heavy atom. The molecule has 0 amide bonds. The summed E-state index contributed by atoms with van der Waals surface area (Å²) in [6.07, 6.45) is 5.40. The van der Waals surface area contributed by atoms with Crippen molar-refractivity contribution in [3.8, 4) is 0 Å². The fourth-order valence-electron chi connectivity index (χ4n) is 1.86. The summed E-state index contributed by atoms with van der Waals surface area (Å²) < 4.78 is 1.22. The number of rotatable bonds is 5. The molecule has 1 atom stereocenters. The molecule has 0 aromatic carbocycles. The number of thiophene rings is 1. The van der Waals surface area contributed by atoms with Crippen LogP contribution in [0.25, 0.3) is 0 Å². The number of hydrogen-bond donors (Lipinski definition) is 1. The molecule has 1 heterocycles. The zero-order valence-electron chi connectivity index (χ0n) is 9.13. The van der Waals surface area contributed by atoms with Crippen molar-refractivity contribution in [2.75, 3.05) is 6.54 Å². The number of halogens is 1. The molecule has 1 fully saturated rings. The lowest BCUT2D eigenvalue weighted by molar-refractivity contribution is 0.321. The van der Waals surface area contributed by atoms with Crippen molar-refractivity contribution >= 4 is 27.3 Å². The van der Waals surface area contributed by atoms with Gasteiger partial charge in [0.15, 0.2) is 0 Å². The summed E-state index contributed by atoms with van der Waals surface area (Å²) in [5.41, 5.74) is 0. The zero-order chi connectivity index (χ0) is 10.7. The van der Waals surface area contributed by atoms with E-state index in [1.165, 1.54) is 41.6 Å². The molecule has 1 aliphatic rings. The van der Waals surface area contributed by atoms with Gasteiger partial charge in [0.25, 0.3) is 0 Å². The highest BCUT2D eigenvalue weighted by Gasteiger charge is 2.17. The second-order valence-electron chi connectivity index (χ2n) is 4.58. The third-order valence-electron chi connectivity index (χ3n) is 3.03. The zero-order valence-corrected chi connectivity index (χ0v) is 11.5. The molecule has 0 bridgehead atoms. The number of hydrogen-bond acceptors (Lipinski definition) is 2. The topological polar surface area (TPSA) is 12.0 Å². The van der Waals surface area contributed by atoms with Gasteiger partial charge in [0.05, 0.1) is 0 Å². The highest BCUT2D eigenvalue weighted by molar-refractivity contribution is 9.10. The Balaban J connectivity index is 1.69. The predicted octanol–water partition coefficient (Wildman–Crippen LogP) is 3.83. The van der Waals surface area contributed by atoms with Crippen LogP contribution in [0.5, 0.6) is 0 Å². The van der Waals surface area contributed by atoms with Gasteiger partial charge in [0.2, 0.25) is 0 Å². The SMILES string of the molecule is CC(CNC1CCC1)Cc1cc(Br)cs1. The van der Waals surface area contributed by atoms with Crippen LogP contribution < -0.4 is 5.32 Å².